The van der Waals surface area contributed by atoms with E-state index in [9.17, 15) is 4.79 Å². The maximum Gasteiger partial charge on any atom is 0.219 e. The number of nitrogens with zero attached hydrogens (tertiary/aromatic N) is 4. The van der Waals surface area contributed by atoms with Crippen LogP contribution >= 0.6 is 23.4 Å². The highest BCUT2D eigenvalue weighted by Crippen LogP contribution is 2.47. The van der Waals surface area contributed by atoms with Crippen molar-refractivity contribution in [2.45, 2.75) is 23.1 Å². The Balaban J connectivity index is 1.43. The molecule has 1 amide bonds. The van der Waals surface area contributed by atoms with Crippen LogP contribution < -0.4 is 4.90 Å². The molecule has 0 atom stereocenters. The van der Waals surface area contributed by atoms with Crippen LogP contribution in [-0.2, 0) is 4.79 Å². The summed E-state index contributed by atoms with van der Waals surface area (Å²) in [6, 6.07) is 10.2. The van der Waals surface area contributed by atoms with E-state index >= 15 is 0 Å². The van der Waals surface area contributed by atoms with Crippen LogP contribution in [-0.4, -0.2) is 60.0 Å². The number of carbonyl (C=O) groups is 1. The van der Waals surface area contributed by atoms with E-state index in [-0.39, 0.29) is 5.91 Å². The van der Waals surface area contributed by atoms with E-state index in [1.165, 1.54) is 15.5 Å². The van der Waals surface area contributed by atoms with Crippen LogP contribution in [0, 0.1) is 0 Å². The van der Waals surface area contributed by atoms with Gasteiger partial charge in [-0.1, -0.05) is 23.4 Å². The third-order valence-electron chi connectivity index (χ3n) is 5.11. The van der Waals surface area contributed by atoms with Gasteiger partial charge in [0.2, 0.25) is 5.91 Å². The first kappa shape index (κ1) is 18.6. The van der Waals surface area contributed by atoms with Crippen LogP contribution in [0.3, 0.4) is 0 Å². The molecular weight excluding hydrogens is 380 g/mol. The predicted molar refractivity (Wildman–Crippen MR) is 110 cm³/mol. The normalized spacial score (nSPS) is 16.8. The Bertz CT molecular complexity index is 838. The second-order valence-electron chi connectivity index (χ2n) is 6.89. The lowest BCUT2D eigenvalue weighted by molar-refractivity contribution is -0.130. The fraction of sp³-hybridized carbons (Fsp3) is 0.400. The number of amides is 1. The molecule has 5 nitrogen and oxygen atoms in total. The highest BCUT2D eigenvalue weighted by Gasteiger charge is 2.25. The van der Waals surface area contributed by atoms with Gasteiger partial charge in [0, 0.05) is 55.8 Å². The molecule has 142 valence electrons. The summed E-state index contributed by atoms with van der Waals surface area (Å²) < 4.78 is 0. The summed E-state index contributed by atoms with van der Waals surface area (Å²) in [5.41, 5.74) is 1.18. The topological polar surface area (TPSA) is 39.7 Å². The molecule has 0 spiro atoms. The molecule has 0 aliphatic carbocycles. The van der Waals surface area contributed by atoms with Crippen molar-refractivity contribution in [3.8, 4) is 0 Å². The van der Waals surface area contributed by atoms with Crippen molar-refractivity contribution in [1.29, 1.82) is 0 Å². The monoisotopic (exact) mass is 402 g/mol. The quantitative estimate of drug-likeness (QED) is 0.775. The Labute approximate surface area is 169 Å². The molecular formula is C20H23ClN4OS. The highest BCUT2D eigenvalue weighted by molar-refractivity contribution is 7.99. The predicted octanol–water partition coefficient (Wildman–Crippen LogP) is 3.89. The van der Waals surface area contributed by atoms with E-state index in [2.05, 4.69) is 26.9 Å². The molecule has 27 heavy (non-hydrogen) atoms. The van der Waals surface area contributed by atoms with Crippen LogP contribution in [0.4, 0.5) is 11.5 Å². The number of piperazine rings is 1. The number of rotatable bonds is 4. The molecule has 0 N–H and O–H groups in total. The van der Waals surface area contributed by atoms with Crippen LogP contribution in [0.2, 0.25) is 5.02 Å². The Hall–Kier alpha value is -1.76. The number of halogens is 1. The minimum atomic E-state index is 0.179. The van der Waals surface area contributed by atoms with Gasteiger partial charge < -0.3 is 9.80 Å². The van der Waals surface area contributed by atoms with Gasteiger partial charge in [-0.2, -0.15) is 0 Å². The second kappa shape index (κ2) is 8.09. The number of benzene rings is 1. The Morgan fingerprint density at radius 1 is 1.15 bits per heavy atom. The number of pyridine rings is 1. The number of carbonyl (C=O) groups excluding carboxylic acids is 1. The van der Waals surface area contributed by atoms with Crippen molar-refractivity contribution in [1.82, 2.24) is 14.8 Å². The molecule has 1 saturated heterocycles. The Morgan fingerprint density at radius 3 is 2.74 bits per heavy atom. The van der Waals surface area contributed by atoms with Gasteiger partial charge in [0.05, 0.1) is 10.6 Å². The minimum absolute atomic E-state index is 0.179. The van der Waals surface area contributed by atoms with E-state index in [1.54, 1.807) is 18.7 Å². The van der Waals surface area contributed by atoms with Crippen molar-refractivity contribution in [2.75, 3.05) is 44.2 Å². The van der Waals surface area contributed by atoms with Crippen molar-refractivity contribution in [3.05, 3.63) is 41.6 Å². The van der Waals surface area contributed by atoms with Crippen molar-refractivity contribution < 1.29 is 4.79 Å². The van der Waals surface area contributed by atoms with Crippen molar-refractivity contribution in [2.24, 2.45) is 0 Å². The Morgan fingerprint density at radius 2 is 1.96 bits per heavy atom. The smallest absolute Gasteiger partial charge is 0.219 e. The van der Waals surface area contributed by atoms with E-state index in [0.29, 0.717) is 0 Å². The van der Waals surface area contributed by atoms with Gasteiger partial charge in [0.1, 0.15) is 5.82 Å². The number of hydrogen-bond donors (Lipinski definition) is 0. The summed E-state index contributed by atoms with van der Waals surface area (Å²) in [7, 11) is 0. The van der Waals surface area contributed by atoms with Crippen LogP contribution in [0.15, 0.2) is 46.3 Å². The third-order valence-corrected chi connectivity index (χ3v) is 6.43. The second-order valence-corrected chi connectivity index (χ2v) is 8.41. The summed E-state index contributed by atoms with van der Waals surface area (Å²) in [5, 5.41) is 0.761. The molecule has 1 fully saturated rings. The SMILES string of the molecule is CC(=O)N1CCN(CCCN2c3ccc(Cl)cc3Sc3cccnc32)CC1. The number of fused-ring (bicyclic) bond motifs is 2. The molecule has 2 aliphatic heterocycles. The molecule has 7 heteroatoms. The average Bonchev–Trinajstić information content (AvgIpc) is 2.67. The fourth-order valence-corrected chi connectivity index (χ4v) is 5.00. The van der Waals surface area contributed by atoms with E-state index < -0.39 is 0 Å². The lowest BCUT2D eigenvalue weighted by Crippen LogP contribution is -2.48. The zero-order valence-corrected chi connectivity index (χ0v) is 17.0. The molecule has 3 heterocycles. The van der Waals surface area contributed by atoms with Crippen LogP contribution in [0.25, 0.3) is 0 Å². The molecule has 1 aromatic carbocycles. The van der Waals surface area contributed by atoms with Gasteiger partial charge in [-0.15, -0.1) is 0 Å². The first-order valence-corrected chi connectivity index (χ1v) is 10.5. The molecule has 4 rings (SSSR count). The molecule has 0 radical (unpaired) electrons. The van der Waals surface area contributed by atoms with E-state index in [1.807, 2.05) is 29.3 Å². The van der Waals surface area contributed by atoms with E-state index in [4.69, 9.17) is 11.6 Å². The van der Waals surface area contributed by atoms with Gasteiger partial charge >= 0.3 is 0 Å². The van der Waals surface area contributed by atoms with Gasteiger partial charge in [0.25, 0.3) is 0 Å². The maximum atomic E-state index is 11.5. The first-order valence-electron chi connectivity index (χ1n) is 9.29. The summed E-state index contributed by atoms with van der Waals surface area (Å²) in [6.45, 7) is 7.17. The molecule has 2 aliphatic rings. The number of anilines is 2. The molecule has 0 unspecified atom stereocenters. The number of hydrogen-bond acceptors (Lipinski definition) is 5. The zero-order chi connectivity index (χ0) is 18.8. The van der Waals surface area contributed by atoms with Crippen molar-refractivity contribution in [3.63, 3.8) is 0 Å². The van der Waals surface area contributed by atoms with Gasteiger partial charge in [-0.05, 0) is 43.3 Å². The lowest BCUT2D eigenvalue weighted by atomic mass is 10.2. The standard InChI is InChI=1S/C20H23ClN4OS/c1-15(26)24-12-10-23(11-13-24)8-3-9-25-17-6-5-16(21)14-19(17)27-18-4-2-7-22-20(18)25/h2,4-7,14H,3,8-13H2,1H3. The van der Waals surface area contributed by atoms with Crippen LogP contribution in [0.1, 0.15) is 13.3 Å². The van der Waals surface area contributed by atoms with E-state index in [0.717, 1.165) is 56.5 Å². The zero-order valence-electron chi connectivity index (χ0n) is 15.4. The number of aromatic nitrogens is 1. The third kappa shape index (κ3) is 4.08. The average molecular weight is 403 g/mol. The summed E-state index contributed by atoms with van der Waals surface area (Å²) in [6.07, 6.45) is 2.90. The highest BCUT2D eigenvalue weighted by atomic mass is 35.5. The summed E-state index contributed by atoms with van der Waals surface area (Å²) in [4.78, 5) is 25.1. The fourth-order valence-electron chi connectivity index (χ4n) is 3.66. The minimum Gasteiger partial charge on any atom is -0.340 e. The molecule has 0 saturated carbocycles. The van der Waals surface area contributed by atoms with Crippen molar-refractivity contribution >= 4 is 40.8 Å². The first-order chi connectivity index (χ1) is 13.1. The molecule has 0 bridgehead atoms. The summed E-state index contributed by atoms with van der Waals surface area (Å²) in [5.74, 6) is 1.21. The van der Waals surface area contributed by atoms with Gasteiger partial charge in [-0.3, -0.25) is 9.69 Å². The lowest BCUT2D eigenvalue weighted by Gasteiger charge is -2.35. The molecule has 2 aromatic rings. The largest absolute Gasteiger partial charge is 0.340 e. The maximum absolute atomic E-state index is 11.5. The van der Waals surface area contributed by atoms with Gasteiger partial charge in [0.15, 0.2) is 0 Å². The molecule has 1 aromatic heterocycles. The van der Waals surface area contributed by atoms with Crippen LogP contribution in [0.5, 0.6) is 0 Å². The van der Waals surface area contributed by atoms with Gasteiger partial charge in [-0.25, -0.2) is 4.98 Å². The Kier molecular flexibility index (Phi) is 5.57. The summed E-state index contributed by atoms with van der Waals surface area (Å²) >= 11 is 7.94.